The first-order chi connectivity index (χ1) is 8.20. The van der Waals surface area contributed by atoms with Crippen molar-refractivity contribution in [2.75, 3.05) is 6.54 Å². The van der Waals surface area contributed by atoms with Crippen molar-refractivity contribution in [1.82, 2.24) is 10.4 Å². The summed E-state index contributed by atoms with van der Waals surface area (Å²) in [7, 11) is -4.63. The Labute approximate surface area is 103 Å². The molecule has 1 rings (SSSR count). The predicted octanol–water partition coefficient (Wildman–Crippen LogP) is -2.29. The van der Waals surface area contributed by atoms with Gasteiger partial charge in [0, 0.05) is 6.54 Å². The number of likely N-dealkylation sites (tertiary alicyclic amines) is 1. The van der Waals surface area contributed by atoms with E-state index in [1.54, 1.807) is 0 Å². The molecule has 0 unspecified atom stereocenters. The van der Waals surface area contributed by atoms with Crippen molar-refractivity contribution in [3.05, 3.63) is 0 Å². The largest absolute Gasteiger partial charge is 0.413 e. The van der Waals surface area contributed by atoms with Gasteiger partial charge in [-0.05, 0) is 12.8 Å². The lowest BCUT2D eigenvalue weighted by Gasteiger charge is -2.36. The smallest absolute Gasteiger partial charge is 0.368 e. The number of rotatable bonds is 4. The maximum atomic E-state index is 11.1. The zero-order valence-corrected chi connectivity index (χ0v) is 10.1. The van der Waals surface area contributed by atoms with Gasteiger partial charge in [-0.1, -0.05) is 0 Å². The fourth-order valence-corrected chi connectivity index (χ4v) is 1.99. The predicted molar refractivity (Wildman–Crippen MR) is 58.1 cm³/mol. The Morgan fingerprint density at radius 2 is 1.94 bits per heavy atom. The summed E-state index contributed by atoms with van der Waals surface area (Å²) < 4.78 is 33.1. The lowest BCUT2D eigenvalue weighted by Crippen LogP contribution is -2.58. The summed E-state index contributed by atoms with van der Waals surface area (Å²) in [6.07, 6.45) is 0.539. The Morgan fingerprint density at radius 1 is 1.33 bits per heavy atom. The van der Waals surface area contributed by atoms with Crippen LogP contribution in [0.4, 0.5) is 4.79 Å². The SMILES string of the molecule is NC(=O)[C@@H]1CC[C@@H](NOS(=O)(=O)O)CN1C(N)=O. The maximum absolute atomic E-state index is 11.1. The molecule has 0 spiro atoms. The van der Waals surface area contributed by atoms with E-state index < -0.39 is 34.4 Å². The molecule has 1 fully saturated rings. The van der Waals surface area contributed by atoms with E-state index in [0.717, 1.165) is 4.90 Å². The molecular formula is C7H14N4O6S. The Balaban J connectivity index is 2.63. The van der Waals surface area contributed by atoms with Crippen molar-refractivity contribution >= 4 is 22.3 Å². The molecule has 1 saturated heterocycles. The van der Waals surface area contributed by atoms with Gasteiger partial charge in [0.05, 0.1) is 6.04 Å². The minimum atomic E-state index is -4.63. The van der Waals surface area contributed by atoms with Crippen LogP contribution in [-0.4, -0.2) is 48.4 Å². The molecule has 0 aromatic rings. The number of piperidine rings is 1. The molecule has 1 aliphatic rings. The summed E-state index contributed by atoms with van der Waals surface area (Å²) in [5, 5.41) is 0. The molecule has 3 amide bonds. The number of hydrogen-bond donors (Lipinski definition) is 4. The fraction of sp³-hybridized carbons (Fsp3) is 0.714. The zero-order chi connectivity index (χ0) is 13.9. The van der Waals surface area contributed by atoms with Gasteiger partial charge in [0.2, 0.25) is 5.91 Å². The van der Waals surface area contributed by atoms with Crippen LogP contribution in [0.25, 0.3) is 0 Å². The van der Waals surface area contributed by atoms with Gasteiger partial charge in [-0.25, -0.2) is 4.79 Å². The van der Waals surface area contributed by atoms with Crippen LogP contribution < -0.4 is 16.9 Å². The van der Waals surface area contributed by atoms with Gasteiger partial charge in [0.1, 0.15) is 6.04 Å². The van der Waals surface area contributed by atoms with Crippen LogP contribution >= 0.6 is 0 Å². The van der Waals surface area contributed by atoms with Gasteiger partial charge in [-0.2, -0.15) is 18.2 Å². The second kappa shape index (κ2) is 5.48. The summed E-state index contributed by atoms with van der Waals surface area (Å²) in [6, 6.07) is -2.27. The number of hydrogen-bond acceptors (Lipinski definition) is 6. The number of carbonyl (C=O) groups is 2. The highest BCUT2D eigenvalue weighted by atomic mass is 32.3. The molecule has 2 atom stereocenters. The van der Waals surface area contributed by atoms with Gasteiger partial charge in [-0.3, -0.25) is 9.35 Å². The Hall–Kier alpha value is -1.43. The molecule has 11 heteroatoms. The second-order valence-electron chi connectivity index (χ2n) is 3.81. The molecule has 0 aliphatic carbocycles. The van der Waals surface area contributed by atoms with E-state index in [4.69, 9.17) is 16.0 Å². The lowest BCUT2D eigenvalue weighted by atomic mass is 9.99. The maximum Gasteiger partial charge on any atom is 0.413 e. The third kappa shape index (κ3) is 4.10. The number of hydroxylamine groups is 1. The van der Waals surface area contributed by atoms with Crippen LogP contribution in [0.1, 0.15) is 12.8 Å². The molecular weight excluding hydrogens is 268 g/mol. The van der Waals surface area contributed by atoms with Crippen LogP contribution in [0, 0.1) is 0 Å². The van der Waals surface area contributed by atoms with Crippen molar-refractivity contribution < 1.29 is 26.8 Å². The molecule has 1 heterocycles. The first kappa shape index (κ1) is 14.6. The molecule has 0 aromatic heterocycles. The molecule has 0 saturated carbocycles. The Kier molecular flexibility index (Phi) is 4.45. The van der Waals surface area contributed by atoms with Crippen LogP contribution in [0.5, 0.6) is 0 Å². The minimum Gasteiger partial charge on any atom is -0.368 e. The second-order valence-corrected chi connectivity index (χ2v) is 4.83. The molecule has 1 aliphatic heterocycles. The zero-order valence-electron chi connectivity index (χ0n) is 9.27. The molecule has 6 N–H and O–H groups in total. The fourth-order valence-electron chi connectivity index (χ4n) is 1.74. The van der Waals surface area contributed by atoms with E-state index >= 15 is 0 Å². The Morgan fingerprint density at radius 3 is 2.39 bits per heavy atom. The van der Waals surface area contributed by atoms with Crippen molar-refractivity contribution in [2.45, 2.75) is 24.9 Å². The van der Waals surface area contributed by atoms with Crippen LogP contribution in [0.15, 0.2) is 0 Å². The Bertz CT molecular complexity index is 437. The van der Waals surface area contributed by atoms with Crippen molar-refractivity contribution in [1.29, 1.82) is 0 Å². The third-order valence-electron chi connectivity index (χ3n) is 2.51. The quantitative estimate of drug-likeness (QED) is 0.332. The first-order valence-corrected chi connectivity index (χ1v) is 6.34. The van der Waals surface area contributed by atoms with Crippen LogP contribution in [0.2, 0.25) is 0 Å². The van der Waals surface area contributed by atoms with Gasteiger partial charge in [-0.15, -0.1) is 0 Å². The van der Waals surface area contributed by atoms with E-state index in [1.165, 1.54) is 0 Å². The number of nitrogens with zero attached hydrogens (tertiary/aromatic N) is 1. The summed E-state index contributed by atoms with van der Waals surface area (Å²) in [6.45, 7) is -0.0571. The monoisotopic (exact) mass is 282 g/mol. The van der Waals surface area contributed by atoms with Gasteiger partial charge in [0.25, 0.3) is 0 Å². The molecule has 0 radical (unpaired) electrons. The summed E-state index contributed by atoms with van der Waals surface area (Å²) in [5.41, 5.74) is 12.3. The number of amides is 3. The van der Waals surface area contributed by atoms with Crippen molar-refractivity contribution in [3.8, 4) is 0 Å². The highest BCUT2D eigenvalue weighted by Crippen LogP contribution is 2.17. The number of nitrogens with one attached hydrogen (secondary N) is 1. The van der Waals surface area contributed by atoms with Gasteiger partial charge >= 0.3 is 16.4 Å². The van der Waals surface area contributed by atoms with Crippen molar-refractivity contribution in [3.63, 3.8) is 0 Å². The van der Waals surface area contributed by atoms with E-state index in [-0.39, 0.29) is 13.0 Å². The lowest BCUT2D eigenvalue weighted by molar-refractivity contribution is -0.123. The highest BCUT2D eigenvalue weighted by molar-refractivity contribution is 7.80. The van der Waals surface area contributed by atoms with E-state index in [2.05, 4.69) is 9.76 Å². The summed E-state index contributed by atoms with van der Waals surface area (Å²) >= 11 is 0. The average Bonchev–Trinajstić information content (AvgIpc) is 2.24. The molecule has 104 valence electrons. The molecule has 10 nitrogen and oxygen atoms in total. The highest BCUT2D eigenvalue weighted by Gasteiger charge is 2.34. The van der Waals surface area contributed by atoms with Crippen molar-refractivity contribution in [2.24, 2.45) is 11.5 Å². The number of nitrogens with two attached hydrogens (primary N) is 2. The van der Waals surface area contributed by atoms with E-state index in [1.807, 2.05) is 0 Å². The van der Waals surface area contributed by atoms with Gasteiger partial charge in [0.15, 0.2) is 0 Å². The van der Waals surface area contributed by atoms with Gasteiger partial charge < -0.3 is 16.4 Å². The number of carbonyl (C=O) groups excluding carboxylic acids is 2. The summed E-state index contributed by atoms with van der Waals surface area (Å²) in [4.78, 5) is 23.2. The normalized spacial score (nSPS) is 24.8. The first-order valence-electron chi connectivity index (χ1n) is 4.97. The standard InChI is InChI=1S/C7H14N4O6S/c8-6(12)5-2-1-4(3-11(5)7(9)13)10-17-18(14,15)16/h4-5,10H,1-3H2,(H2,8,12)(H2,9,13)(H,14,15,16)/t4-,5+/m1/s1. The summed E-state index contributed by atoms with van der Waals surface area (Å²) in [5.74, 6) is -0.692. The van der Waals surface area contributed by atoms with E-state index in [0.29, 0.717) is 6.42 Å². The molecule has 0 bridgehead atoms. The topological polar surface area (TPSA) is 165 Å². The third-order valence-corrected chi connectivity index (χ3v) is 2.82. The number of primary amides is 2. The van der Waals surface area contributed by atoms with Crippen LogP contribution in [-0.2, 0) is 19.5 Å². The minimum absolute atomic E-state index is 0.0571. The van der Waals surface area contributed by atoms with Crippen LogP contribution in [0.3, 0.4) is 0 Å². The number of urea groups is 1. The van der Waals surface area contributed by atoms with E-state index in [9.17, 15) is 18.0 Å². The molecule has 18 heavy (non-hydrogen) atoms. The average molecular weight is 282 g/mol. The molecule has 0 aromatic carbocycles.